The van der Waals surface area contributed by atoms with Crippen LogP contribution in [0, 0.1) is 22.2 Å². The number of Topliss-reactive ketones (excluding diaryl/α,β-unsaturated/α-hetero) is 1. The Morgan fingerprint density at radius 2 is 1.89 bits per heavy atom. The lowest BCUT2D eigenvalue weighted by Gasteiger charge is -2.22. The molecule has 0 radical (unpaired) electrons. The Kier molecular flexibility index (Phi) is 2.90. The van der Waals surface area contributed by atoms with Crippen LogP contribution in [0.1, 0.15) is 32.3 Å². The molecule has 2 rings (SSSR count). The minimum atomic E-state index is -0.888. The fourth-order valence-corrected chi connectivity index (χ4v) is 2.68. The summed E-state index contributed by atoms with van der Waals surface area (Å²) in [4.78, 5) is 12.4. The molecule has 1 unspecified atom stereocenters. The molecule has 1 N–H and O–H groups in total. The predicted molar refractivity (Wildman–Crippen MR) is 67.9 cm³/mol. The molecule has 18 heavy (non-hydrogen) atoms. The average molecular weight is 243 g/mol. The number of hydrogen-bond donors (Lipinski definition) is 1. The minimum Gasteiger partial charge on any atom is -0.508 e. The lowest BCUT2D eigenvalue weighted by atomic mass is 9.77. The van der Waals surface area contributed by atoms with Gasteiger partial charge in [0.2, 0.25) is 0 Å². The van der Waals surface area contributed by atoms with Crippen LogP contribution < -0.4 is 0 Å². The summed E-state index contributed by atoms with van der Waals surface area (Å²) in [6, 6.07) is 8.95. The van der Waals surface area contributed by atoms with E-state index >= 15 is 0 Å². The summed E-state index contributed by atoms with van der Waals surface area (Å²) in [5.74, 6) is 0.244. The second-order valence-electron chi connectivity index (χ2n) is 5.75. The molecule has 0 aliphatic heterocycles. The fourth-order valence-electron chi connectivity index (χ4n) is 2.68. The number of phenolic OH excluding ortho intramolecular Hbond substituents is 1. The standard InChI is InChI=1S/C15H17NO2/c1-14(2)7-8-15(10-16,13(14)18)9-11-3-5-12(17)6-4-11/h3-6,17H,7-9H2,1-2H3. The highest BCUT2D eigenvalue weighted by atomic mass is 16.3. The van der Waals surface area contributed by atoms with Crippen molar-refractivity contribution >= 4 is 5.78 Å². The zero-order valence-electron chi connectivity index (χ0n) is 10.7. The largest absolute Gasteiger partial charge is 0.508 e. The summed E-state index contributed by atoms with van der Waals surface area (Å²) in [5, 5.41) is 18.7. The van der Waals surface area contributed by atoms with Crippen LogP contribution in [0.25, 0.3) is 0 Å². The smallest absolute Gasteiger partial charge is 0.158 e. The van der Waals surface area contributed by atoms with Gasteiger partial charge in [-0.2, -0.15) is 5.26 Å². The van der Waals surface area contributed by atoms with Crippen molar-refractivity contribution in [1.29, 1.82) is 5.26 Å². The van der Waals surface area contributed by atoms with Gasteiger partial charge >= 0.3 is 0 Å². The van der Waals surface area contributed by atoms with Gasteiger partial charge in [-0.1, -0.05) is 26.0 Å². The van der Waals surface area contributed by atoms with Gasteiger partial charge in [0.15, 0.2) is 5.78 Å². The van der Waals surface area contributed by atoms with Crippen molar-refractivity contribution in [2.75, 3.05) is 0 Å². The first kappa shape index (κ1) is 12.6. The molecular weight excluding hydrogens is 226 g/mol. The molecule has 0 spiro atoms. The highest BCUT2D eigenvalue weighted by Crippen LogP contribution is 2.47. The zero-order chi connectivity index (χ0) is 13.4. The van der Waals surface area contributed by atoms with Gasteiger partial charge in [0.25, 0.3) is 0 Å². The Labute approximate surface area is 107 Å². The molecule has 0 amide bonds. The van der Waals surface area contributed by atoms with E-state index in [9.17, 15) is 15.2 Å². The monoisotopic (exact) mass is 243 g/mol. The molecule has 0 heterocycles. The van der Waals surface area contributed by atoms with Crippen molar-refractivity contribution in [1.82, 2.24) is 0 Å². The third kappa shape index (κ3) is 1.99. The van der Waals surface area contributed by atoms with E-state index in [1.807, 2.05) is 13.8 Å². The van der Waals surface area contributed by atoms with Crippen LogP contribution in [0.3, 0.4) is 0 Å². The van der Waals surface area contributed by atoms with Crippen LogP contribution in [-0.2, 0) is 11.2 Å². The topological polar surface area (TPSA) is 61.1 Å². The zero-order valence-corrected chi connectivity index (χ0v) is 10.7. The normalized spacial score (nSPS) is 25.9. The Hall–Kier alpha value is -1.82. The van der Waals surface area contributed by atoms with Crippen molar-refractivity contribution in [2.24, 2.45) is 10.8 Å². The first-order valence-electron chi connectivity index (χ1n) is 6.14. The number of carbonyl (C=O) groups excluding carboxylic acids is 1. The molecule has 1 fully saturated rings. The van der Waals surface area contributed by atoms with Crippen molar-refractivity contribution in [3.05, 3.63) is 29.8 Å². The van der Waals surface area contributed by atoms with Crippen molar-refractivity contribution < 1.29 is 9.90 Å². The number of phenols is 1. The maximum atomic E-state index is 12.4. The molecule has 1 aliphatic carbocycles. The number of rotatable bonds is 2. The summed E-state index contributed by atoms with van der Waals surface area (Å²) in [6.07, 6.45) is 1.82. The van der Waals surface area contributed by atoms with E-state index in [2.05, 4.69) is 6.07 Å². The molecule has 94 valence electrons. The summed E-state index contributed by atoms with van der Waals surface area (Å²) >= 11 is 0. The van der Waals surface area contributed by atoms with Gasteiger partial charge in [0, 0.05) is 5.41 Å². The molecule has 1 aromatic rings. The van der Waals surface area contributed by atoms with Crippen LogP contribution in [0.15, 0.2) is 24.3 Å². The highest BCUT2D eigenvalue weighted by molar-refractivity contribution is 5.94. The number of nitrogens with zero attached hydrogens (tertiary/aromatic N) is 1. The van der Waals surface area contributed by atoms with Crippen LogP contribution >= 0.6 is 0 Å². The molecule has 0 saturated heterocycles. The van der Waals surface area contributed by atoms with E-state index in [1.165, 1.54) is 0 Å². The Morgan fingerprint density at radius 3 is 2.33 bits per heavy atom. The molecule has 0 aromatic heterocycles. The number of nitriles is 1. The van der Waals surface area contributed by atoms with Crippen molar-refractivity contribution in [2.45, 2.75) is 33.1 Å². The van der Waals surface area contributed by atoms with Gasteiger partial charge in [-0.15, -0.1) is 0 Å². The number of ketones is 1. The van der Waals surface area contributed by atoms with E-state index in [1.54, 1.807) is 24.3 Å². The Morgan fingerprint density at radius 1 is 1.28 bits per heavy atom. The molecule has 1 atom stereocenters. The second kappa shape index (κ2) is 4.13. The van der Waals surface area contributed by atoms with Crippen molar-refractivity contribution in [3.63, 3.8) is 0 Å². The maximum Gasteiger partial charge on any atom is 0.158 e. The Balaban J connectivity index is 2.29. The lowest BCUT2D eigenvalue weighted by molar-refractivity contribution is -0.130. The molecule has 1 saturated carbocycles. The van der Waals surface area contributed by atoms with E-state index < -0.39 is 10.8 Å². The molecule has 3 nitrogen and oxygen atoms in total. The first-order valence-corrected chi connectivity index (χ1v) is 6.14. The lowest BCUT2D eigenvalue weighted by Crippen LogP contribution is -2.33. The molecule has 0 bridgehead atoms. The fraction of sp³-hybridized carbons (Fsp3) is 0.467. The molecular formula is C15H17NO2. The third-order valence-electron chi connectivity index (χ3n) is 3.88. The van der Waals surface area contributed by atoms with Gasteiger partial charge in [0.1, 0.15) is 11.2 Å². The van der Waals surface area contributed by atoms with Gasteiger partial charge in [-0.25, -0.2) is 0 Å². The maximum absolute atomic E-state index is 12.4. The summed E-state index contributed by atoms with van der Waals surface area (Å²) in [7, 11) is 0. The minimum absolute atomic E-state index is 0.0468. The van der Waals surface area contributed by atoms with Crippen LogP contribution in [-0.4, -0.2) is 10.9 Å². The first-order chi connectivity index (χ1) is 8.39. The average Bonchev–Trinajstić information content (AvgIpc) is 2.57. The molecule has 1 aromatic carbocycles. The second-order valence-corrected chi connectivity index (χ2v) is 5.75. The Bertz CT molecular complexity index is 510. The van der Waals surface area contributed by atoms with E-state index in [0.717, 1.165) is 12.0 Å². The van der Waals surface area contributed by atoms with Crippen LogP contribution in [0.4, 0.5) is 0 Å². The number of benzene rings is 1. The molecule has 1 aliphatic rings. The number of aromatic hydroxyl groups is 1. The quantitative estimate of drug-likeness (QED) is 0.868. The van der Waals surface area contributed by atoms with Crippen LogP contribution in [0.5, 0.6) is 5.75 Å². The van der Waals surface area contributed by atoms with Gasteiger partial charge < -0.3 is 5.11 Å². The van der Waals surface area contributed by atoms with Crippen LogP contribution in [0.2, 0.25) is 0 Å². The molecule has 3 heteroatoms. The summed E-state index contributed by atoms with van der Waals surface area (Å²) in [6.45, 7) is 3.82. The van der Waals surface area contributed by atoms with E-state index in [4.69, 9.17) is 0 Å². The highest BCUT2D eigenvalue weighted by Gasteiger charge is 2.52. The van der Waals surface area contributed by atoms with Gasteiger partial charge in [-0.3, -0.25) is 4.79 Å². The third-order valence-corrected chi connectivity index (χ3v) is 3.88. The summed E-state index contributed by atoms with van der Waals surface area (Å²) in [5.41, 5.74) is -0.368. The van der Waals surface area contributed by atoms with E-state index in [0.29, 0.717) is 12.8 Å². The predicted octanol–water partition coefficient (Wildman–Crippen LogP) is 2.83. The SMILES string of the molecule is CC1(C)CCC(C#N)(Cc2ccc(O)cc2)C1=O. The summed E-state index contributed by atoms with van der Waals surface area (Å²) < 4.78 is 0. The number of hydrogen-bond acceptors (Lipinski definition) is 3. The van der Waals surface area contributed by atoms with Gasteiger partial charge in [-0.05, 0) is 37.0 Å². The number of carbonyl (C=O) groups is 1. The van der Waals surface area contributed by atoms with Crippen molar-refractivity contribution in [3.8, 4) is 11.8 Å². The van der Waals surface area contributed by atoms with Gasteiger partial charge in [0.05, 0.1) is 6.07 Å². The van der Waals surface area contributed by atoms with E-state index in [-0.39, 0.29) is 11.5 Å².